The second-order valence-corrected chi connectivity index (χ2v) is 5.86. The van der Waals surface area contributed by atoms with Gasteiger partial charge in [0.05, 0.1) is 23.0 Å². The minimum atomic E-state index is -0.284. The minimum absolute atomic E-state index is 0.119. The van der Waals surface area contributed by atoms with Crippen LogP contribution in [0, 0.1) is 6.92 Å². The number of benzene rings is 1. The number of nitrogens with zero attached hydrogens (tertiary/aromatic N) is 4. The summed E-state index contributed by atoms with van der Waals surface area (Å²) in [7, 11) is 1.70. The lowest BCUT2D eigenvalue weighted by Crippen LogP contribution is -2.30. The van der Waals surface area contributed by atoms with E-state index >= 15 is 0 Å². The highest BCUT2D eigenvalue weighted by atomic mass is 35.5. The van der Waals surface area contributed by atoms with E-state index in [0.29, 0.717) is 22.3 Å². The van der Waals surface area contributed by atoms with Crippen LogP contribution in [0.15, 0.2) is 47.1 Å². The lowest BCUT2D eigenvalue weighted by atomic mass is 10.2. The molecule has 0 fully saturated rings. The van der Waals surface area contributed by atoms with Crippen molar-refractivity contribution in [1.29, 1.82) is 0 Å². The topological polar surface area (TPSA) is 64.2 Å². The fraction of sp³-hybridized carbons (Fsp3) is 0.235. The van der Waals surface area contributed by atoms with Crippen molar-refractivity contribution in [2.75, 3.05) is 7.05 Å². The molecule has 0 bridgehead atoms. The van der Waals surface area contributed by atoms with Gasteiger partial charge in [-0.1, -0.05) is 23.7 Å². The van der Waals surface area contributed by atoms with Crippen molar-refractivity contribution >= 4 is 17.5 Å². The molecule has 3 aromatic rings. The maximum Gasteiger partial charge on any atom is 0.293 e. The molecular weight excluding hydrogens is 328 g/mol. The van der Waals surface area contributed by atoms with Gasteiger partial charge < -0.3 is 9.32 Å². The molecule has 0 N–H and O–H groups in total. The van der Waals surface area contributed by atoms with Crippen LogP contribution in [0.25, 0.3) is 5.69 Å². The number of aryl methyl sites for hydroxylation is 1. The Bertz CT molecular complexity index is 857. The molecule has 1 aromatic carbocycles. The third-order valence-corrected chi connectivity index (χ3v) is 4.22. The molecule has 2 aromatic heterocycles. The molecular formula is C17H17ClN4O2. The average molecular weight is 345 g/mol. The first-order valence-electron chi connectivity index (χ1n) is 7.48. The van der Waals surface area contributed by atoms with E-state index in [1.54, 1.807) is 41.9 Å². The molecule has 0 saturated carbocycles. The monoisotopic (exact) mass is 344 g/mol. The van der Waals surface area contributed by atoms with E-state index in [9.17, 15) is 4.79 Å². The van der Waals surface area contributed by atoms with E-state index in [4.69, 9.17) is 16.0 Å². The first-order valence-corrected chi connectivity index (χ1v) is 7.86. The molecule has 1 atom stereocenters. The number of furan rings is 1. The second kappa shape index (κ2) is 6.49. The molecule has 24 heavy (non-hydrogen) atoms. The Kier molecular flexibility index (Phi) is 4.40. The Morgan fingerprint density at radius 3 is 2.71 bits per heavy atom. The summed E-state index contributed by atoms with van der Waals surface area (Å²) in [4.78, 5) is 18.5. The Labute approximate surface area is 144 Å². The third kappa shape index (κ3) is 2.92. The van der Waals surface area contributed by atoms with Gasteiger partial charge in [-0.3, -0.25) is 4.79 Å². The zero-order valence-electron chi connectivity index (χ0n) is 13.6. The molecule has 1 unspecified atom stereocenters. The second-order valence-electron chi connectivity index (χ2n) is 5.45. The van der Waals surface area contributed by atoms with Gasteiger partial charge in [-0.05, 0) is 38.1 Å². The molecule has 0 aliphatic rings. The highest BCUT2D eigenvalue weighted by Crippen LogP contribution is 2.22. The Hall–Kier alpha value is -2.60. The van der Waals surface area contributed by atoms with Gasteiger partial charge in [-0.15, -0.1) is 5.10 Å². The molecule has 0 aliphatic carbocycles. The minimum Gasteiger partial charge on any atom is -0.467 e. The number of hydrogen-bond donors (Lipinski definition) is 0. The molecule has 124 valence electrons. The van der Waals surface area contributed by atoms with Gasteiger partial charge in [-0.2, -0.15) is 0 Å². The van der Waals surface area contributed by atoms with Gasteiger partial charge in [0, 0.05) is 7.05 Å². The summed E-state index contributed by atoms with van der Waals surface area (Å²) < 4.78 is 6.93. The van der Waals surface area contributed by atoms with Crippen LogP contribution in [0.3, 0.4) is 0 Å². The average Bonchev–Trinajstić information content (AvgIpc) is 3.23. The molecule has 0 saturated heterocycles. The Morgan fingerprint density at radius 1 is 1.29 bits per heavy atom. The smallest absolute Gasteiger partial charge is 0.293 e. The van der Waals surface area contributed by atoms with Crippen molar-refractivity contribution in [2.24, 2.45) is 0 Å². The molecule has 1 amide bonds. The van der Waals surface area contributed by atoms with Crippen molar-refractivity contribution in [3.63, 3.8) is 0 Å². The molecule has 3 rings (SSSR count). The van der Waals surface area contributed by atoms with Gasteiger partial charge in [0.15, 0.2) is 0 Å². The van der Waals surface area contributed by atoms with Crippen LogP contribution in [0.5, 0.6) is 0 Å². The van der Waals surface area contributed by atoms with E-state index < -0.39 is 0 Å². The van der Waals surface area contributed by atoms with Gasteiger partial charge in [0.1, 0.15) is 11.6 Å². The van der Waals surface area contributed by atoms with Gasteiger partial charge in [0.2, 0.25) is 5.82 Å². The van der Waals surface area contributed by atoms with Gasteiger partial charge in [0.25, 0.3) is 5.91 Å². The zero-order chi connectivity index (χ0) is 17.3. The standard InChI is InChI=1S/C17H17ClN4O2/c1-11(15-9-6-10-24-15)21(3)17(23)16-19-12(2)22(20-16)14-8-5-4-7-13(14)18/h4-11H,1-3H3. The van der Waals surface area contributed by atoms with Crippen molar-refractivity contribution in [1.82, 2.24) is 19.7 Å². The van der Waals surface area contributed by atoms with Crippen LogP contribution < -0.4 is 0 Å². The van der Waals surface area contributed by atoms with E-state index in [-0.39, 0.29) is 17.8 Å². The van der Waals surface area contributed by atoms with Gasteiger partial charge >= 0.3 is 0 Å². The maximum absolute atomic E-state index is 12.7. The first-order chi connectivity index (χ1) is 11.5. The number of carbonyl (C=O) groups is 1. The first kappa shape index (κ1) is 16.3. The quantitative estimate of drug-likeness (QED) is 0.724. The van der Waals surface area contributed by atoms with E-state index in [2.05, 4.69) is 10.1 Å². The normalized spacial score (nSPS) is 12.2. The molecule has 6 nitrogen and oxygen atoms in total. The fourth-order valence-electron chi connectivity index (χ4n) is 2.39. The summed E-state index contributed by atoms with van der Waals surface area (Å²) in [6.45, 7) is 3.66. The van der Waals surface area contributed by atoms with Crippen molar-refractivity contribution in [3.8, 4) is 5.69 Å². The zero-order valence-corrected chi connectivity index (χ0v) is 14.4. The summed E-state index contributed by atoms with van der Waals surface area (Å²) in [5.41, 5.74) is 0.685. The van der Waals surface area contributed by atoms with Crippen LogP contribution in [0.1, 0.15) is 35.2 Å². The lowest BCUT2D eigenvalue weighted by Gasteiger charge is -2.21. The molecule has 7 heteroatoms. The summed E-state index contributed by atoms with van der Waals surface area (Å²) in [5, 5.41) is 4.87. The summed E-state index contributed by atoms with van der Waals surface area (Å²) in [6, 6.07) is 10.7. The molecule has 0 spiro atoms. The maximum atomic E-state index is 12.7. The Morgan fingerprint density at radius 2 is 2.04 bits per heavy atom. The lowest BCUT2D eigenvalue weighted by molar-refractivity contribution is 0.0714. The van der Waals surface area contributed by atoms with E-state index in [0.717, 1.165) is 0 Å². The number of hydrogen-bond acceptors (Lipinski definition) is 4. The predicted molar refractivity (Wildman–Crippen MR) is 90.3 cm³/mol. The molecule has 0 aliphatic heterocycles. The van der Waals surface area contributed by atoms with Gasteiger partial charge in [-0.25, -0.2) is 9.67 Å². The van der Waals surface area contributed by atoms with Crippen molar-refractivity contribution in [2.45, 2.75) is 19.9 Å². The highest BCUT2D eigenvalue weighted by molar-refractivity contribution is 6.32. The highest BCUT2D eigenvalue weighted by Gasteiger charge is 2.25. The van der Waals surface area contributed by atoms with Crippen LogP contribution >= 0.6 is 11.6 Å². The van der Waals surface area contributed by atoms with E-state index in [1.807, 2.05) is 31.2 Å². The number of halogens is 1. The number of aromatic nitrogens is 3. The van der Waals surface area contributed by atoms with Crippen LogP contribution in [-0.4, -0.2) is 32.6 Å². The van der Waals surface area contributed by atoms with Crippen LogP contribution in [0.2, 0.25) is 5.02 Å². The van der Waals surface area contributed by atoms with Crippen LogP contribution in [-0.2, 0) is 0 Å². The number of amides is 1. The SMILES string of the molecule is Cc1nc(C(=O)N(C)C(C)c2ccco2)nn1-c1ccccc1Cl. The van der Waals surface area contributed by atoms with Crippen LogP contribution in [0.4, 0.5) is 0 Å². The third-order valence-electron chi connectivity index (χ3n) is 3.90. The summed E-state index contributed by atoms with van der Waals surface area (Å²) >= 11 is 6.20. The van der Waals surface area contributed by atoms with Crippen molar-refractivity contribution in [3.05, 3.63) is 65.1 Å². The predicted octanol–water partition coefficient (Wildman–Crippen LogP) is 3.66. The number of carbonyl (C=O) groups excluding carboxylic acids is 1. The summed E-state index contributed by atoms with van der Waals surface area (Å²) in [5.74, 6) is 1.12. The molecule has 0 radical (unpaired) electrons. The number of para-hydroxylation sites is 1. The van der Waals surface area contributed by atoms with Crippen molar-refractivity contribution < 1.29 is 9.21 Å². The Balaban J connectivity index is 1.89. The fourth-order valence-corrected chi connectivity index (χ4v) is 2.60. The number of rotatable bonds is 4. The summed E-state index contributed by atoms with van der Waals surface area (Å²) in [6.07, 6.45) is 1.58. The molecule has 2 heterocycles. The largest absolute Gasteiger partial charge is 0.467 e. The van der Waals surface area contributed by atoms with E-state index in [1.165, 1.54) is 0 Å².